The number of aliphatic hydroxyl groups excluding tert-OH is 1. The molecule has 0 aromatic heterocycles. The molecule has 1 aliphatic rings. The van der Waals surface area contributed by atoms with Crippen molar-refractivity contribution in [3.05, 3.63) is 0 Å². The first-order valence-electron chi connectivity index (χ1n) is 6.04. The second kappa shape index (κ2) is 5.14. The number of hydrogen-bond donors (Lipinski definition) is 2. The largest absolute Gasteiger partial charge is 0.464 e. The zero-order valence-corrected chi connectivity index (χ0v) is 11.3. The molecule has 1 aliphatic carbocycles. The van der Waals surface area contributed by atoms with E-state index in [0.717, 1.165) is 0 Å². The summed E-state index contributed by atoms with van der Waals surface area (Å²) in [5.74, 6) is -0.820. The molecule has 0 aliphatic heterocycles. The average molecular weight is 259 g/mol. The fourth-order valence-corrected chi connectivity index (χ4v) is 1.75. The first-order valence-corrected chi connectivity index (χ1v) is 6.04. The maximum atomic E-state index is 11.8. The van der Waals surface area contributed by atoms with Gasteiger partial charge in [0.25, 0.3) is 0 Å². The summed E-state index contributed by atoms with van der Waals surface area (Å²) in [4.78, 5) is 23.5. The van der Waals surface area contributed by atoms with Crippen molar-refractivity contribution in [2.75, 3.05) is 13.2 Å². The molecule has 18 heavy (non-hydrogen) atoms. The Kier molecular flexibility index (Phi) is 4.21. The Bertz CT molecular complexity index is 336. The summed E-state index contributed by atoms with van der Waals surface area (Å²) >= 11 is 0. The van der Waals surface area contributed by atoms with Crippen LogP contribution < -0.4 is 5.32 Å². The average Bonchev–Trinajstić information content (AvgIpc) is 2.90. The van der Waals surface area contributed by atoms with Gasteiger partial charge in [0.15, 0.2) is 0 Å². The number of ether oxygens (including phenoxy) is 2. The maximum Gasteiger partial charge on any atom is 0.408 e. The Morgan fingerprint density at radius 2 is 2.06 bits per heavy atom. The molecule has 0 heterocycles. The minimum absolute atomic E-state index is 0.172. The van der Waals surface area contributed by atoms with Gasteiger partial charge in [-0.05, 0) is 34.1 Å². The van der Waals surface area contributed by atoms with Gasteiger partial charge in [0, 0.05) is 12.5 Å². The third-order valence-electron chi connectivity index (χ3n) is 2.69. The van der Waals surface area contributed by atoms with Crippen molar-refractivity contribution in [2.24, 2.45) is 5.92 Å². The minimum Gasteiger partial charge on any atom is -0.464 e. The number of nitrogens with one attached hydrogen (secondary N) is 1. The van der Waals surface area contributed by atoms with Crippen LogP contribution in [0.15, 0.2) is 0 Å². The summed E-state index contributed by atoms with van der Waals surface area (Å²) in [6, 6.07) is 0. The van der Waals surface area contributed by atoms with Gasteiger partial charge in [-0.3, -0.25) is 0 Å². The second-order valence-corrected chi connectivity index (χ2v) is 5.40. The minimum atomic E-state index is -1.12. The Hall–Kier alpha value is -1.30. The molecular weight excluding hydrogens is 238 g/mol. The predicted molar refractivity (Wildman–Crippen MR) is 63.9 cm³/mol. The third kappa shape index (κ3) is 3.35. The van der Waals surface area contributed by atoms with Crippen molar-refractivity contribution in [3.63, 3.8) is 0 Å². The number of alkyl carbamates (subject to hydrolysis) is 1. The van der Waals surface area contributed by atoms with Crippen LogP contribution in [0.25, 0.3) is 0 Å². The van der Waals surface area contributed by atoms with Gasteiger partial charge in [-0.25, -0.2) is 9.59 Å². The molecule has 2 N–H and O–H groups in total. The van der Waals surface area contributed by atoms with Crippen LogP contribution in [0, 0.1) is 5.92 Å². The highest BCUT2D eigenvalue weighted by Gasteiger charge is 2.62. The molecule has 0 unspecified atom stereocenters. The van der Waals surface area contributed by atoms with Crippen LogP contribution in [0.2, 0.25) is 0 Å². The molecule has 0 radical (unpaired) electrons. The van der Waals surface area contributed by atoms with E-state index in [-0.39, 0.29) is 19.1 Å². The van der Waals surface area contributed by atoms with Crippen molar-refractivity contribution in [2.45, 2.75) is 45.3 Å². The van der Waals surface area contributed by atoms with Crippen LogP contribution in [0.5, 0.6) is 0 Å². The predicted octanol–water partition coefficient (Wildman–Crippen LogP) is 0.825. The topological polar surface area (TPSA) is 84.9 Å². The van der Waals surface area contributed by atoms with Crippen LogP contribution >= 0.6 is 0 Å². The van der Waals surface area contributed by atoms with E-state index in [1.54, 1.807) is 27.7 Å². The van der Waals surface area contributed by atoms with Crippen LogP contribution in [0.1, 0.15) is 34.1 Å². The van der Waals surface area contributed by atoms with E-state index in [9.17, 15) is 9.59 Å². The molecule has 6 nitrogen and oxygen atoms in total. The molecule has 0 bridgehead atoms. The molecule has 1 fully saturated rings. The van der Waals surface area contributed by atoms with E-state index in [0.29, 0.717) is 6.42 Å². The van der Waals surface area contributed by atoms with E-state index in [2.05, 4.69) is 5.32 Å². The van der Waals surface area contributed by atoms with Gasteiger partial charge in [-0.15, -0.1) is 0 Å². The van der Waals surface area contributed by atoms with E-state index < -0.39 is 23.2 Å². The second-order valence-electron chi connectivity index (χ2n) is 5.40. The number of hydrogen-bond acceptors (Lipinski definition) is 5. The highest BCUT2D eigenvalue weighted by Crippen LogP contribution is 2.44. The van der Waals surface area contributed by atoms with Crippen LogP contribution in [0.3, 0.4) is 0 Å². The zero-order chi connectivity index (χ0) is 14.0. The van der Waals surface area contributed by atoms with Gasteiger partial charge in [-0.1, -0.05) is 0 Å². The number of carbonyl (C=O) groups excluding carboxylic acids is 2. The quantitative estimate of drug-likeness (QED) is 0.730. The zero-order valence-electron chi connectivity index (χ0n) is 11.3. The van der Waals surface area contributed by atoms with Crippen molar-refractivity contribution in [3.8, 4) is 0 Å². The molecule has 0 aromatic carbocycles. The Morgan fingerprint density at radius 1 is 1.44 bits per heavy atom. The number of esters is 1. The third-order valence-corrected chi connectivity index (χ3v) is 2.69. The van der Waals surface area contributed by atoms with Crippen LogP contribution in [-0.4, -0.2) is 41.5 Å². The first kappa shape index (κ1) is 14.8. The molecule has 0 spiro atoms. The van der Waals surface area contributed by atoms with Crippen molar-refractivity contribution >= 4 is 12.1 Å². The number of aliphatic hydroxyl groups is 1. The normalized spacial score (nSPS) is 26.4. The lowest BCUT2D eigenvalue weighted by atomic mass is 10.2. The lowest BCUT2D eigenvalue weighted by Gasteiger charge is -2.23. The number of carbonyl (C=O) groups is 2. The summed E-state index contributed by atoms with van der Waals surface area (Å²) < 4.78 is 10.0. The lowest BCUT2D eigenvalue weighted by molar-refractivity contribution is -0.147. The van der Waals surface area contributed by atoms with Crippen molar-refractivity contribution in [1.82, 2.24) is 5.32 Å². The summed E-state index contributed by atoms with van der Waals surface area (Å²) in [6.45, 7) is 6.96. The molecule has 1 rings (SSSR count). The SMILES string of the molecule is CCOC(=O)[C@@]1(NC(=O)OC(C)(C)C)C[C@H]1CO. The van der Waals surface area contributed by atoms with Gasteiger partial charge in [0.05, 0.1) is 6.61 Å². The standard InChI is InChI=1S/C12H21NO5/c1-5-17-9(15)12(6-8(12)7-14)13-10(16)18-11(2,3)4/h8,14H,5-7H2,1-4H3,(H,13,16)/t8-,12+/m0/s1. The first-order chi connectivity index (χ1) is 8.25. The van der Waals surface area contributed by atoms with Gasteiger partial charge >= 0.3 is 12.1 Å². The summed E-state index contributed by atoms with van der Waals surface area (Å²) in [7, 11) is 0. The highest BCUT2D eigenvalue weighted by atomic mass is 16.6. The smallest absolute Gasteiger partial charge is 0.408 e. The van der Waals surface area contributed by atoms with E-state index in [4.69, 9.17) is 14.6 Å². The van der Waals surface area contributed by atoms with Crippen LogP contribution in [-0.2, 0) is 14.3 Å². The van der Waals surface area contributed by atoms with Crippen LogP contribution in [0.4, 0.5) is 4.79 Å². The monoisotopic (exact) mass is 259 g/mol. The molecule has 6 heteroatoms. The molecule has 2 atom stereocenters. The van der Waals surface area contributed by atoms with E-state index >= 15 is 0 Å². The summed E-state index contributed by atoms with van der Waals surface area (Å²) in [5.41, 5.74) is -1.75. The van der Waals surface area contributed by atoms with Gasteiger partial charge in [0.1, 0.15) is 11.1 Å². The van der Waals surface area contributed by atoms with Gasteiger partial charge in [-0.2, -0.15) is 0 Å². The molecule has 0 aromatic rings. The maximum absolute atomic E-state index is 11.8. The molecule has 104 valence electrons. The van der Waals surface area contributed by atoms with Crippen molar-refractivity contribution < 1.29 is 24.2 Å². The fraction of sp³-hybridized carbons (Fsp3) is 0.833. The van der Waals surface area contributed by atoms with Gasteiger partial charge < -0.3 is 19.9 Å². The number of rotatable bonds is 4. The summed E-state index contributed by atoms with van der Waals surface area (Å²) in [6.07, 6.45) is -0.298. The Labute approximate surface area is 107 Å². The molecule has 1 amide bonds. The van der Waals surface area contributed by atoms with Crippen molar-refractivity contribution in [1.29, 1.82) is 0 Å². The van der Waals surface area contributed by atoms with E-state index in [1.807, 2.05) is 0 Å². The highest BCUT2D eigenvalue weighted by molar-refractivity contribution is 5.89. The number of amides is 1. The molecular formula is C12H21NO5. The molecule has 1 saturated carbocycles. The Balaban J connectivity index is 2.65. The van der Waals surface area contributed by atoms with E-state index in [1.165, 1.54) is 0 Å². The lowest BCUT2D eigenvalue weighted by Crippen LogP contribution is -2.48. The van der Waals surface area contributed by atoms with Gasteiger partial charge in [0.2, 0.25) is 0 Å². The summed E-state index contributed by atoms with van der Waals surface area (Å²) in [5, 5.41) is 11.6. The Morgan fingerprint density at radius 3 is 2.44 bits per heavy atom. The molecule has 0 saturated heterocycles. The fourth-order valence-electron chi connectivity index (χ4n) is 1.75.